The summed E-state index contributed by atoms with van der Waals surface area (Å²) in [4.78, 5) is 10.2. The van der Waals surface area contributed by atoms with Gasteiger partial charge in [-0.3, -0.25) is 0 Å². The molecule has 0 atom stereocenters. The first-order valence-corrected chi connectivity index (χ1v) is 5.69. The molecule has 2 rings (SSSR count). The predicted octanol–water partition coefficient (Wildman–Crippen LogP) is 1.41. The second-order valence-electron chi connectivity index (χ2n) is 3.97. The third-order valence-corrected chi connectivity index (χ3v) is 2.53. The average Bonchev–Trinajstić information content (AvgIpc) is 2.39. The third-order valence-electron chi connectivity index (χ3n) is 2.53. The molecule has 2 aromatic rings. The third kappa shape index (κ3) is 3.63. The zero-order chi connectivity index (χ0) is 12.8. The van der Waals surface area contributed by atoms with Crippen LogP contribution in [0.25, 0.3) is 0 Å². The molecule has 92 valence electrons. The molecule has 0 aliphatic rings. The van der Waals surface area contributed by atoms with E-state index < -0.39 is 12.6 Å². The minimum absolute atomic E-state index is 0.419. The van der Waals surface area contributed by atoms with E-state index in [1.54, 1.807) is 12.1 Å². The second-order valence-corrected chi connectivity index (χ2v) is 3.97. The summed E-state index contributed by atoms with van der Waals surface area (Å²) in [5.74, 6) is -0.681. The number of carbonyl (C=O) groups is 1. The zero-order valence-electron chi connectivity index (χ0n) is 9.84. The molecular formula is C15H13O3-. The van der Waals surface area contributed by atoms with Gasteiger partial charge in [0.05, 0.1) is 5.97 Å². The van der Waals surface area contributed by atoms with Gasteiger partial charge in [0, 0.05) is 0 Å². The number of ether oxygens (including phenoxy) is 1. The molecule has 0 aliphatic carbocycles. The van der Waals surface area contributed by atoms with Crippen molar-refractivity contribution in [2.45, 2.75) is 6.42 Å². The van der Waals surface area contributed by atoms with Gasteiger partial charge >= 0.3 is 0 Å². The summed E-state index contributed by atoms with van der Waals surface area (Å²) in [6, 6.07) is 17.5. The van der Waals surface area contributed by atoms with Crippen LogP contribution in [0.4, 0.5) is 0 Å². The molecule has 0 unspecified atom stereocenters. The topological polar surface area (TPSA) is 49.4 Å². The lowest BCUT2D eigenvalue weighted by Crippen LogP contribution is -2.28. The van der Waals surface area contributed by atoms with Gasteiger partial charge in [-0.2, -0.15) is 0 Å². The molecule has 0 saturated carbocycles. The predicted molar refractivity (Wildman–Crippen MR) is 66.2 cm³/mol. The summed E-state index contributed by atoms with van der Waals surface area (Å²) < 4.78 is 5.01. The molecule has 3 nitrogen and oxygen atoms in total. The minimum atomic E-state index is -1.22. The van der Waals surface area contributed by atoms with Crippen molar-refractivity contribution in [2.24, 2.45) is 0 Å². The Morgan fingerprint density at radius 3 is 2.17 bits per heavy atom. The molecule has 18 heavy (non-hydrogen) atoms. The summed E-state index contributed by atoms with van der Waals surface area (Å²) in [5, 5.41) is 10.2. The van der Waals surface area contributed by atoms with E-state index in [2.05, 4.69) is 12.1 Å². The Bertz CT molecular complexity index is 503. The summed E-state index contributed by atoms with van der Waals surface area (Å²) in [6.07, 6.45) is 0.849. The van der Waals surface area contributed by atoms with Gasteiger partial charge in [-0.15, -0.1) is 0 Å². The molecule has 0 N–H and O–H groups in total. The van der Waals surface area contributed by atoms with E-state index in [9.17, 15) is 9.90 Å². The van der Waals surface area contributed by atoms with Crippen LogP contribution in [-0.4, -0.2) is 12.6 Å². The molecule has 0 radical (unpaired) electrons. The lowest BCUT2D eigenvalue weighted by Gasteiger charge is -2.07. The highest BCUT2D eigenvalue weighted by molar-refractivity contribution is 5.66. The monoisotopic (exact) mass is 241 g/mol. The standard InChI is InChI=1S/C15H14O3/c16-15(17)11-18-14-8-6-13(7-9-14)10-12-4-2-1-3-5-12/h1-9H,10-11H2,(H,16,17)/p-1. The highest BCUT2D eigenvalue weighted by Gasteiger charge is 1.97. The van der Waals surface area contributed by atoms with Crippen LogP contribution >= 0.6 is 0 Å². The summed E-state index contributed by atoms with van der Waals surface area (Å²) in [7, 11) is 0. The molecule has 0 saturated heterocycles. The van der Waals surface area contributed by atoms with E-state index in [0.29, 0.717) is 5.75 Å². The van der Waals surface area contributed by atoms with E-state index in [0.717, 1.165) is 12.0 Å². The van der Waals surface area contributed by atoms with Crippen LogP contribution < -0.4 is 9.84 Å². The molecule has 2 aromatic carbocycles. The van der Waals surface area contributed by atoms with Gasteiger partial charge < -0.3 is 14.6 Å². The highest BCUT2D eigenvalue weighted by atomic mass is 16.5. The minimum Gasteiger partial charge on any atom is -0.546 e. The molecule has 3 heteroatoms. The van der Waals surface area contributed by atoms with Crippen molar-refractivity contribution in [3.05, 3.63) is 65.7 Å². The lowest BCUT2D eigenvalue weighted by molar-refractivity contribution is -0.307. The van der Waals surface area contributed by atoms with Gasteiger partial charge in [0.1, 0.15) is 12.4 Å². The molecule has 0 heterocycles. The van der Waals surface area contributed by atoms with Crippen LogP contribution in [0.1, 0.15) is 11.1 Å². The normalized spacial score (nSPS) is 10.0. The number of carbonyl (C=O) groups excluding carboxylic acids is 1. The Morgan fingerprint density at radius 2 is 1.56 bits per heavy atom. The van der Waals surface area contributed by atoms with Crippen molar-refractivity contribution in [1.82, 2.24) is 0 Å². The Labute approximate surface area is 106 Å². The number of hydrogen-bond acceptors (Lipinski definition) is 3. The number of aliphatic carboxylic acids is 1. The molecular weight excluding hydrogens is 228 g/mol. The Hall–Kier alpha value is -2.29. The van der Waals surface area contributed by atoms with Crippen LogP contribution in [0.3, 0.4) is 0 Å². The van der Waals surface area contributed by atoms with E-state index in [-0.39, 0.29) is 0 Å². The first-order chi connectivity index (χ1) is 8.74. The maximum atomic E-state index is 10.2. The van der Waals surface area contributed by atoms with Crippen LogP contribution in [0.2, 0.25) is 0 Å². The Morgan fingerprint density at radius 1 is 0.944 bits per heavy atom. The van der Waals surface area contributed by atoms with E-state index in [4.69, 9.17) is 4.74 Å². The molecule has 0 amide bonds. The summed E-state index contributed by atoms with van der Waals surface area (Å²) >= 11 is 0. The summed E-state index contributed by atoms with van der Waals surface area (Å²) in [5.41, 5.74) is 2.39. The fourth-order valence-corrected chi connectivity index (χ4v) is 1.68. The first-order valence-electron chi connectivity index (χ1n) is 5.69. The SMILES string of the molecule is O=C([O-])COc1ccc(Cc2ccccc2)cc1. The number of rotatable bonds is 5. The van der Waals surface area contributed by atoms with Gasteiger partial charge in [0.15, 0.2) is 0 Å². The zero-order valence-corrected chi connectivity index (χ0v) is 9.84. The van der Waals surface area contributed by atoms with E-state index >= 15 is 0 Å². The van der Waals surface area contributed by atoms with Crippen LogP contribution in [0.5, 0.6) is 5.75 Å². The van der Waals surface area contributed by atoms with Gasteiger partial charge in [-0.05, 0) is 29.7 Å². The molecule has 0 spiro atoms. The Kier molecular flexibility index (Phi) is 3.97. The fraction of sp³-hybridized carbons (Fsp3) is 0.133. The second kappa shape index (κ2) is 5.87. The average molecular weight is 241 g/mol. The van der Waals surface area contributed by atoms with Gasteiger partial charge in [0.2, 0.25) is 0 Å². The fourth-order valence-electron chi connectivity index (χ4n) is 1.68. The Balaban J connectivity index is 1.97. The summed E-state index contributed by atoms with van der Waals surface area (Å²) in [6.45, 7) is -0.419. The van der Waals surface area contributed by atoms with Crippen molar-refractivity contribution < 1.29 is 14.6 Å². The highest BCUT2D eigenvalue weighted by Crippen LogP contribution is 2.15. The van der Waals surface area contributed by atoms with Crippen molar-refractivity contribution >= 4 is 5.97 Å². The molecule has 0 bridgehead atoms. The van der Waals surface area contributed by atoms with Gasteiger partial charge in [0.25, 0.3) is 0 Å². The largest absolute Gasteiger partial charge is 0.546 e. The number of benzene rings is 2. The van der Waals surface area contributed by atoms with Gasteiger partial charge in [-0.25, -0.2) is 0 Å². The van der Waals surface area contributed by atoms with Gasteiger partial charge in [-0.1, -0.05) is 42.5 Å². The maximum Gasteiger partial charge on any atom is 0.128 e. The van der Waals surface area contributed by atoms with E-state index in [1.165, 1.54) is 5.56 Å². The maximum absolute atomic E-state index is 10.2. The first kappa shape index (κ1) is 12.2. The van der Waals surface area contributed by atoms with Crippen molar-refractivity contribution in [2.75, 3.05) is 6.61 Å². The quantitative estimate of drug-likeness (QED) is 0.795. The van der Waals surface area contributed by atoms with Crippen molar-refractivity contribution in [3.63, 3.8) is 0 Å². The number of carboxylic acids is 1. The molecule has 0 aliphatic heterocycles. The number of hydrogen-bond donors (Lipinski definition) is 0. The van der Waals surface area contributed by atoms with Crippen LogP contribution in [0.15, 0.2) is 54.6 Å². The smallest absolute Gasteiger partial charge is 0.128 e. The molecule has 0 aromatic heterocycles. The number of carboxylic acid groups (broad SMARTS) is 1. The van der Waals surface area contributed by atoms with E-state index in [1.807, 2.05) is 30.3 Å². The van der Waals surface area contributed by atoms with Crippen molar-refractivity contribution in [3.8, 4) is 5.75 Å². The van der Waals surface area contributed by atoms with Crippen molar-refractivity contribution in [1.29, 1.82) is 0 Å². The molecule has 0 fully saturated rings. The lowest BCUT2D eigenvalue weighted by atomic mass is 10.1. The van der Waals surface area contributed by atoms with Crippen LogP contribution in [0, 0.1) is 0 Å². The van der Waals surface area contributed by atoms with Crippen LogP contribution in [-0.2, 0) is 11.2 Å².